The molecule has 1 saturated heterocycles. The monoisotopic (exact) mass is 419 g/mol. The molecule has 2 aromatic carbocycles. The van der Waals surface area contributed by atoms with Crippen LogP contribution in [0.4, 0.5) is 5.69 Å². The van der Waals surface area contributed by atoms with Crippen molar-refractivity contribution in [1.29, 1.82) is 0 Å². The molecule has 2 heterocycles. The topological polar surface area (TPSA) is 52.6 Å². The van der Waals surface area contributed by atoms with Crippen molar-refractivity contribution in [3.8, 4) is 0 Å². The van der Waals surface area contributed by atoms with Gasteiger partial charge >= 0.3 is 0 Å². The summed E-state index contributed by atoms with van der Waals surface area (Å²) in [5, 5.41) is 6.55. The van der Waals surface area contributed by atoms with Gasteiger partial charge in [0.1, 0.15) is 0 Å². The number of rotatable bonds is 5. The van der Waals surface area contributed by atoms with Crippen molar-refractivity contribution < 1.29 is 9.59 Å². The van der Waals surface area contributed by atoms with E-state index < -0.39 is 0 Å². The summed E-state index contributed by atoms with van der Waals surface area (Å²) in [7, 11) is 0. The highest BCUT2D eigenvalue weighted by atomic mass is 32.1. The van der Waals surface area contributed by atoms with Crippen LogP contribution in [0.25, 0.3) is 0 Å². The Labute approximate surface area is 180 Å². The summed E-state index contributed by atoms with van der Waals surface area (Å²) in [6.45, 7) is 6.03. The van der Waals surface area contributed by atoms with Crippen LogP contribution in [0, 0.1) is 6.92 Å². The first-order valence-electron chi connectivity index (χ1n) is 10.1. The van der Waals surface area contributed by atoms with E-state index in [0.29, 0.717) is 29.9 Å². The van der Waals surface area contributed by atoms with Crippen LogP contribution in [0.1, 0.15) is 31.8 Å². The minimum absolute atomic E-state index is 0.0357. The molecule has 1 aromatic heterocycles. The lowest BCUT2D eigenvalue weighted by atomic mass is 10.1. The second-order valence-electron chi connectivity index (χ2n) is 7.57. The molecule has 3 aromatic rings. The zero-order chi connectivity index (χ0) is 20.9. The third-order valence-electron chi connectivity index (χ3n) is 5.34. The molecule has 0 bridgehead atoms. The van der Waals surface area contributed by atoms with Crippen molar-refractivity contribution in [2.24, 2.45) is 0 Å². The Morgan fingerprint density at radius 3 is 2.53 bits per heavy atom. The molecule has 1 fully saturated rings. The number of thiophene rings is 1. The normalized spacial score (nSPS) is 14.5. The van der Waals surface area contributed by atoms with E-state index in [1.165, 1.54) is 22.5 Å². The molecule has 30 heavy (non-hydrogen) atoms. The van der Waals surface area contributed by atoms with E-state index in [4.69, 9.17) is 0 Å². The number of nitrogens with zero attached hydrogens (tertiary/aromatic N) is 2. The molecule has 1 aliphatic rings. The SMILES string of the molecule is Cc1cccc(CN2CCN(C(=O)c3ccccc3NC(=O)c3ccsc3)CC2)c1. The predicted molar refractivity (Wildman–Crippen MR) is 121 cm³/mol. The summed E-state index contributed by atoms with van der Waals surface area (Å²) in [6, 6.07) is 17.6. The number of carbonyl (C=O) groups excluding carboxylic acids is 2. The molecule has 0 spiro atoms. The number of piperazine rings is 1. The zero-order valence-electron chi connectivity index (χ0n) is 17.0. The van der Waals surface area contributed by atoms with Crippen LogP contribution in [0.15, 0.2) is 65.4 Å². The fraction of sp³-hybridized carbons (Fsp3) is 0.250. The fourth-order valence-corrected chi connectivity index (χ4v) is 4.35. The van der Waals surface area contributed by atoms with E-state index in [1.807, 2.05) is 22.4 Å². The van der Waals surface area contributed by atoms with Crippen LogP contribution in [-0.2, 0) is 6.54 Å². The summed E-state index contributed by atoms with van der Waals surface area (Å²) >= 11 is 1.47. The van der Waals surface area contributed by atoms with Gasteiger partial charge in [-0.25, -0.2) is 0 Å². The molecule has 0 saturated carbocycles. The van der Waals surface area contributed by atoms with Gasteiger partial charge in [0.2, 0.25) is 0 Å². The van der Waals surface area contributed by atoms with Crippen LogP contribution < -0.4 is 5.32 Å². The van der Waals surface area contributed by atoms with Gasteiger partial charge in [0, 0.05) is 38.1 Å². The van der Waals surface area contributed by atoms with Crippen LogP contribution in [0.2, 0.25) is 0 Å². The zero-order valence-corrected chi connectivity index (χ0v) is 17.8. The number of amides is 2. The van der Waals surface area contributed by atoms with E-state index in [1.54, 1.807) is 23.6 Å². The molecule has 5 nitrogen and oxygen atoms in total. The van der Waals surface area contributed by atoms with Crippen LogP contribution in [-0.4, -0.2) is 47.8 Å². The van der Waals surface area contributed by atoms with Crippen molar-refractivity contribution in [3.63, 3.8) is 0 Å². The molecule has 0 aliphatic carbocycles. The summed E-state index contributed by atoms with van der Waals surface area (Å²) in [6.07, 6.45) is 0. The minimum atomic E-state index is -0.195. The summed E-state index contributed by atoms with van der Waals surface area (Å²) in [4.78, 5) is 29.8. The van der Waals surface area contributed by atoms with Crippen LogP contribution >= 0.6 is 11.3 Å². The van der Waals surface area contributed by atoms with Gasteiger partial charge in [-0.05, 0) is 36.1 Å². The van der Waals surface area contributed by atoms with Gasteiger partial charge in [-0.3, -0.25) is 14.5 Å². The van der Waals surface area contributed by atoms with Crippen LogP contribution in [0.3, 0.4) is 0 Å². The molecule has 2 amide bonds. The molecule has 0 atom stereocenters. The maximum Gasteiger partial charge on any atom is 0.256 e. The van der Waals surface area contributed by atoms with Gasteiger partial charge in [0.15, 0.2) is 0 Å². The Morgan fingerprint density at radius 1 is 1.00 bits per heavy atom. The Balaban J connectivity index is 1.39. The molecule has 1 N–H and O–H groups in total. The summed E-state index contributed by atoms with van der Waals surface area (Å²) in [5.74, 6) is -0.231. The molecule has 4 rings (SSSR count). The highest BCUT2D eigenvalue weighted by Crippen LogP contribution is 2.20. The molecular weight excluding hydrogens is 394 g/mol. The first kappa shape index (κ1) is 20.3. The maximum atomic E-state index is 13.2. The van der Waals surface area contributed by atoms with Crippen LogP contribution in [0.5, 0.6) is 0 Å². The van der Waals surface area contributed by atoms with Crippen molar-refractivity contribution in [1.82, 2.24) is 9.80 Å². The fourth-order valence-electron chi connectivity index (χ4n) is 3.71. The van der Waals surface area contributed by atoms with E-state index in [9.17, 15) is 9.59 Å². The van der Waals surface area contributed by atoms with Gasteiger partial charge in [-0.15, -0.1) is 0 Å². The highest BCUT2D eigenvalue weighted by molar-refractivity contribution is 7.08. The maximum absolute atomic E-state index is 13.2. The molecule has 0 unspecified atom stereocenters. The largest absolute Gasteiger partial charge is 0.336 e. The molecule has 6 heteroatoms. The molecule has 154 valence electrons. The van der Waals surface area contributed by atoms with Crippen molar-refractivity contribution in [2.75, 3.05) is 31.5 Å². The minimum Gasteiger partial charge on any atom is -0.336 e. The van der Waals surface area contributed by atoms with Gasteiger partial charge in [-0.1, -0.05) is 42.0 Å². The second-order valence-corrected chi connectivity index (χ2v) is 8.35. The smallest absolute Gasteiger partial charge is 0.256 e. The quantitative estimate of drug-likeness (QED) is 0.672. The number of hydrogen-bond acceptors (Lipinski definition) is 4. The van der Waals surface area contributed by atoms with Crippen molar-refractivity contribution >= 4 is 28.8 Å². The Bertz CT molecular complexity index is 1020. The van der Waals surface area contributed by atoms with Gasteiger partial charge in [-0.2, -0.15) is 11.3 Å². The number of hydrogen-bond donors (Lipinski definition) is 1. The third kappa shape index (κ3) is 4.78. The Morgan fingerprint density at radius 2 is 1.80 bits per heavy atom. The van der Waals surface area contributed by atoms with Crippen molar-refractivity contribution in [2.45, 2.75) is 13.5 Å². The van der Waals surface area contributed by atoms with E-state index in [-0.39, 0.29) is 11.8 Å². The van der Waals surface area contributed by atoms with Gasteiger partial charge in [0.05, 0.1) is 16.8 Å². The number of nitrogens with one attached hydrogen (secondary N) is 1. The Kier molecular flexibility index (Phi) is 6.26. The van der Waals surface area contributed by atoms with E-state index >= 15 is 0 Å². The number of benzene rings is 2. The average Bonchev–Trinajstić information content (AvgIpc) is 3.29. The number of para-hydroxylation sites is 1. The number of anilines is 1. The molecule has 0 radical (unpaired) electrons. The molecular formula is C24H25N3O2S. The number of aryl methyl sites for hydroxylation is 1. The van der Waals surface area contributed by atoms with Gasteiger partial charge < -0.3 is 10.2 Å². The first-order chi connectivity index (χ1) is 14.6. The first-order valence-corrected chi connectivity index (χ1v) is 11.0. The Hall–Kier alpha value is -2.96. The van der Waals surface area contributed by atoms with E-state index in [2.05, 4.69) is 41.4 Å². The van der Waals surface area contributed by atoms with E-state index in [0.717, 1.165) is 19.6 Å². The average molecular weight is 420 g/mol. The molecule has 1 aliphatic heterocycles. The predicted octanol–water partition coefficient (Wildman–Crippen LogP) is 4.27. The van der Waals surface area contributed by atoms with Gasteiger partial charge in [0.25, 0.3) is 11.8 Å². The number of carbonyl (C=O) groups is 2. The highest BCUT2D eigenvalue weighted by Gasteiger charge is 2.24. The second kappa shape index (κ2) is 9.24. The standard InChI is InChI=1S/C24H25N3O2S/c1-18-5-4-6-19(15-18)16-26-10-12-27(13-11-26)24(29)21-7-2-3-8-22(21)25-23(28)20-9-14-30-17-20/h2-9,14-15,17H,10-13,16H2,1H3,(H,25,28). The lowest BCUT2D eigenvalue weighted by Crippen LogP contribution is -2.48. The lowest BCUT2D eigenvalue weighted by molar-refractivity contribution is 0.0629. The lowest BCUT2D eigenvalue weighted by Gasteiger charge is -2.35. The third-order valence-corrected chi connectivity index (χ3v) is 6.02. The summed E-state index contributed by atoms with van der Waals surface area (Å²) in [5.41, 5.74) is 4.26. The summed E-state index contributed by atoms with van der Waals surface area (Å²) < 4.78 is 0. The van der Waals surface area contributed by atoms with Crippen molar-refractivity contribution in [3.05, 3.63) is 87.6 Å².